The van der Waals surface area contributed by atoms with Crippen molar-refractivity contribution in [1.82, 2.24) is 10.2 Å². The monoisotopic (exact) mass is 403 g/mol. The lowest BCUT2D eigenvalue weighted by molar-refractivity contribution is 0.0586. The standard InChI is InChI=1S/C21H23ClFN3O2/c1-14(2)24-21(27)26(12-16-6-3-4-9-19(16)22)13-18-11-20(25-28-18)15-7-5-8-17(23)10-15/h3-10,14,18H,11-13H2,1-2H3,(H,24,27)/t18-/m1/s1. The Morgan fingerprint density at radius 3 is 2.82 bits per heavy atom. The van der Waals surface area contributed by atoms with Gasteiger partial charge in [0.25, 0.3) is 0 Å². The van der Waals surface area contributed by atoms with E-state index in [9.17, 15) is 9.18 Å². The van der Waals surface area contributed by atoms with Gasteiger partial charge in [-0.2, -0.15) is 0 Å². The Bertz CT molecular complexity index is 872. The topological polar surface area (TPSA) is 53.9 Å². The molecular weight excluding hydrogens is 381 g/mol. The number of benzene rings is 2. The molecule has 0 radical (unpaired) electrons. The predicted molar refractivity (Wildman–Crippen MR) is 108 cm³/mol. The zero-order valence-electron chi connectivity index (χ0n) is 15.9. The molecule has 2 amide bonds. The van der Waals surface area contributed by atoms with E-state index in [-0.39, 0.29) is 24.0 Å². The molecule has 1 heterocycles. The Morgan fingerprint density at radius 2 is 2.11 bits per heavy atom. The maximum atomic E-state index is 13.5. The smallest absolute Gasteiger partial charge is 0.318 e. The second-order valence-corrected chi connectivity index (χ2v) is 7.46. The van der Waals surface area contributed by atoms with Gasteiger partial charge in [0.2, 0.25) is 0 Å². The van der Waals surface area contributed by atoms with Crippen LogP contribution in [0.2, 0.25) is 5.02 Å². The molecule has 148 valence electrons. The van der Waals surface area contributed by atoms with Crippen molar-refractivity contribution in [3.8, 4) is 0 Å². The van der Waals surface area contributed by atoms with Crippen molar-refractivity contribution < 1.29 is 14.0 Å². The van der Waals surface area contributed by atoms with E-state index in [0.29, 0.717) is 35.8 Å². The number of halogens is 2. The van der Waals surface area contributed by atoms with Gasteiger partial charge in [-0.25, -0.2) is 9.18 Å². The number of hydrogen-bond donors (Lipinski definition) is 1. The summed E-state index contributed by atoms with van der Waals surface area (Å²) < 4.78 is 13.5. The van der Waals surface area contributed by atoms with E-state index in [2.05, 4.69) is 10.5 Å². The summed E-state index contributed by atoms with van der Waals surface area (Å²) in [5.41, 5.74) is 2.21. The van der Waals surface area contributed by atoms with Crippen LogP contribution in [-0.4, -0.2) is 35.3 Å². The number of hydrogen-bond acceptors (Lipinski definition) is 3. The minimum absolute atomic E-state index is 0.00449. The number of nitrogens with zero attached hydrogens (tertiary/aromatic N) is 2. The first-order chi connectivity index (χ1) is 13.4. The summed E-state index contributed by atoms with van der Waals surface area (Å²) in [6.07, 6.45) is 0.191. The van der Waals surface area contributed by atoms with Crippen LogP contribution in [0.5, 0.6) is 0 Å². The quantitative estimate of drug-likeness (QED) is 0.766. The first-order valence-corrected chi connectivity index (χ1v) is 9.57. The summed E-state index contributed by atoms with van der Waals surface area (Å²) in [7, 11) is 0. The largest absolute Gasteiger partial charge is 0.390 e. The van der Waals surface area contributed by atoms with E-state index in [1.54, 1.807) is 23.1 Å². The number of oxime groups is 1. The first kappa shape index (κ1) is 20.1. The Labute approximate surface area is 169 Å². The van der Waals surface area contributed by atoms with Gasteiger partial charge in [0, 0.05) is 29.6 Å². The summed E-state index contributed by atoms with van der Waals surface area (Å²) in [6.45, 7) is 4.51. The second-order valence-electron chi connectivity index (χ2n) is 7.06. The van der Waals surface area contributed by atoms with E-state index in [1.807, 2.05) is 32.0 Å². The number of nitrogens with one attached hydrogen (secondary N) is 1. The van der Waals surface area contributed by atoms with Gasteiger partial charge in [0.1, 0.15) is 5.82 Å². The van der Waals surface area contributed by atoms with Gasteiger partial charge in [-0.05, 0) is 37.6 Å². The maximum absolute atomic E-state index is 13.5. The molecule has 2 aromatic rings. The lowest BCUT2D eigenvalue weighted by Crippen LogP contribution is -2.45. The molecule has 1 aliphatic rings. The van der Waals surface area contributed by atoms with Gasteiger partial charge in [0.15, 0.2) is 6.10 Å². The van der Waals surface area contributed by atoms with Crippen molar-refractivity contribution in [3.63, 3.8) is 0 Å². The molecule has 0 aliphatic carbocycles. The fourth-order valence-corrected chi connectivity index (χ4v) is 3.20. The highest BCUT2D eigenvalue weighted by atomic mass is 35.5. The Morgan fingerprint density at radius 1 is 1.32 bits per heavy atom. The number of carbonyl (C=O) groups is 1. The molecular formula is C21H23ClFN3O2. The molecule has 28 heavy (non-hydrogen) atoms. The van der Waals surface area contributed by atoms with Crippen molar-refractivity contribution in [2.24, 2.45) is 5.16 Å². The van der Waals surface area contributed by atoms with E-state index in [0.717, 1.165) is 5.56 Å². The molecule has 1 N–H and O–H groups in total. The van der Waals surface area contributed by atoms with Crippen molar-refractivity contribution in [3.05, 3.63) is 70.5 Å². The van der Waals surface area contributed by atoms with Crippen LogP contribution in [0.3, 0.4) is 0 Å². The molecule has 7 heteroatoms. The third kappa shape index (κ3) is 5.23. The zero-order chi connectivity index (χ0) is 20.1. The van der Waals surface area contributed by atoms with Crippen LogP contribution >= 0.6 is 11.6 Å². The second kappa shape index (κ2) is 9.06. The van der Waals surface area contributed by atoms with Crippen LogP contribution in [0, 0.1) is 5.82 Å². The summed E-state index contributed by atoms with van der Waals surface area (Å²) in [4.78, 5) is 19.9. The van der Waals surface area contributed by atoms with E-state index in [4.69, 9.17) is 16.4 Å². The number of amides is 2. The van der Waals surface area contributed by atoms with Gasteiger partial charge in [0.05, 0.1) is 12.3 Å². The molecule has 0 unspecified atom stereocenters. The Balaban J connectivity index is 1.69. The van der Waals surface area contributed by atoms with Crippen LogP contribution < -0.4 is 5.32 Å². The molecule has 0 spiro atoms. The highest BCUT2D eigenvalue weighted by Crippen LogP contribution is 2.21. The van der Waals surface area contributed by atoms with E-state index in [1.165, 1.54) is 12.1 Å². The Hall–Kier alpha value is -2.60. The highest BCUT2D eigenvalue weighted by Gasteiger charge is 2.27. The van der Waals surface area contributed by atoms with Crippen molar-refractivity contribution >= 4 is 23.3 Å². The number of rotatable bonds is 6. The highest BCUT2D eigenvalue weighted by molar-refractivity contribution is 6.31. The number of urea groups is 1. The lowest BCUT2D eigenvalue weighted by Gasteiger charge is -2.26. The molecule has 0 saturated heterocycles. The molecule has 0 aromatic heterocycles. The van der Waals surface area contributed by atoms with Crippen LogP contribution in [0.25, 0.3) is 0 Å². The Kier molecular flexibility index (Phi) is 6.52. The normalized spacial score (nSPS) is 15.9. The van der Waals surface area contributed by atoms with Gasteiger partial charge in [-0.3, -0.25) is 0 Å². The average molecular weight is 404 g/mol. The van der Waals surface area contributed by atoms with E-state index >= 15 is 0 Å². The fraction of sp³-hybridized carbons (Fsp3) is 0.333. The SMILES string of the molecule is CC(C)NC(=O)N(Cc1ccccc1Cl)C[C@H]1CC(c2cccc(F)c2)=NO1. The molecule has 2 aromatic carbocycles. The summed E-state index contributed by atoms with van der Waals surface area (Å²) in [6, 6.07) is 13.5. The van der Waals surface area contributed by atoms with Gasteiger partial charge < -0.3 is 15.1 Å². The minimum atomic E-state index is -0.319. The predicted octanol–water partition coefficient (Wildman–Crippen LogP) is 4.59. The maximum Gasteiger partial charge on any atom is 0.318 e. The number of carbonyl (C=O) groups excluding carboxylic acids is 1. The summed E-state index contributed by atoms with van der Waals surface area (Å²) in [5.74, 6) is -0.319. The van der Waals surface area contributed by atoms with Crippen LogP contribution in [-0.2, 0) is 11.4 Å². The van der Waals surface area contributed by atoms with Crippen molar-refractivity contribution in [2.45, 2.75) is 39.0 Å². The van der Waals surface area contributed by atoms with Gasteiger partial charge >= 0.3 is 6.03 Å². The summed E-state index contributed by atoms with van der Waals surface area (Å²) >= 11 is 6.27. The molecule has 0 bridgehead atoms. The summed E-state index contributed by atoms with van der Waals surface area (Å²) in [5, 5.41) is 7.61. The van der Waals surface area contributed by atoms with Crippen molar-refractivity contribution in [2.75, 3.05) is 6.54 Å². The molecule has 3 rings (SSSR count). The van der Waals surface area contributed by atoms with Crippen molar-refractivity contribution in [1.29, 1.82) is 0 Å². The van der Waals surface area contributed by atoms with Crippen LogP contribution in [0.4, 0.5) is 9.18 Å². The third-order valence-corrected chi connectivity index (χ3v) is 4.70. The van der Waals surface area contributed by atoms with Gasteiger partial charge in [-0.1, -0.05) is 47.1 Å². The average Bonchev–Trinajstić information content (AvgIpc) is 3.11. The zero-order valence-corrected chi connectivity index (χ0v) is 16.6. The third-order valence-electron chi connectivity index (χ3n) is 4.33. The van der Waals surface area contributed by atoms with Crippen LogP contribution in [0.1, 0.15) is 31.4 Å². The minimum Gasteiger partial charge on any atom is -0.390 e. The molecule has 0 saturated carbocycles. The molecule has 0 fully saturated rings. The van der Waals surface area contributed by atoms with Gasteiger partial charge in [-0.15, -0.1) is 0 Å². The van der Waals surface area contributed by atoms with E-state index < -0.39 is 0 Å². The fourth-order valence-electron chi connectivity index (χ4n) is 3.00. The molecule has 1 atom stereocenters. The molecule has 5 nitrogen and oxygen atoms in total. The lowest BCUT2D eigenvalue weighted by atomic mass is 10.0. The van der Waals surface area contributed by atoms with Crippen LogP contribution in [0.15, 0.2) is 53.7 Å². The molecule has 1 aliphatic heterocycles. The first-order valence-electron chi connectivity index (χ1n) is 9.20.